The molecule has 0 unspecified atom stereocenters. The second-order valence-corrected chi connectivity index (χ2v) is 5.00. The molecule has 1 aromatic heterocycles. The summed E-state index contributed by atoms with van der Waals surface area (Å²) in [6, 6.07) is 14.4. The molecule has 0 saturated carbocycles. The van der Waals surface area contributed by atoms with Crippen LogP contribution in [-0.4, -0.2) is 0 Å². The SMILES string of the molecule is Cc1cc(Cl)cc2c(=O)cc(Nc3ccccc3)oc12. The molecule has 0 aliphatic heterocycles. The van der Waals surface area contributed by atoms with Gasteiger partial charge in [-0.3, -0.25) is 4.79 Å². The fourth-order valence-electron chi connectivity index (χ4n) is 2.11. The van der Waals surface area contributed by atoms with Gasteiger partial charge in [0.15, 0.2) is 5.43 Å². The van der Waals surface area contributed by atoms with Gasteiger partial charge in [-0.15, -0.1) is 0 Å². The van der Waals surface area contributed by atoms with Crippen molar-refractivity contribution in [2.45, 2.75) is 6.92 Å². The lowest BCUT2D eigenvalue weighted by molar-refractivity contribution is 0.619. The number of anilines is 2. The van der Waals surface area contributed by atoms with Crippen LogP contribution in [0.15, 0.2) is 57.7 Å². The van der Waals surface area contributed by atoms with Crippen LogP contribution in [0, 0.1) is 6.92 Å². The summed E-state index contributed by atoms with van der Waals surface area (Å²) in [5.74, 6) is 0.416. The summed E-state index contributed by atoms with van der Waals surface area (Å²) in [4.78, 5) is 12.1. The van der Waals surface area contributed by atoms with E-state index in [-0.39, 0.29) is 5.43 Å². The van der Waals surface area contributed by atoms with E-state index in [2.05, 4.69) is 5.32 Å². The zero-order valence-electron chi connectivity index (χ0n) is 10.8. The lowest BCUT2D eigenvalue weighted by Gasteiger charge is -2.07. The Morgan fingerprint density at radius 2 is 1.85 bits per heavy atom. The molecule has 0 amide bonds. The molecule has 0 saturated heterocycles. The van der Waals surface area contributed by atoms with E-state index >= 15 is 0 Å². The quantitative estimate of drug-likeness (QED) is 0.754. The van der Waals surface area contributed by atoms with Gasteiger partial charge in [0, 0.05) is 16.8 Å². The van der Waals surface area contributed by atoms with Crippen molar-refractivity contribution in [3.8, 4) is 0 Å². The number of hydrogen-bond acceptors (Lipinski definition) is 3. The first-order valence-corrected chi connectivity index (χ1v) is 6.57. The molecule has 3 rings (SSSR count). The molecule has 0 aliphatic rings. The van der Waals surface area contributed by atoms with Crippen molar-refractivity contribution in [1.29, 1.82) is 0 Å². The number of hydrogen-bond donors (Lipinski definition) is 1. The van der Waals surface area contributed by atoms with Gasteiger partial charge in [0.05, 0.1) is 5.39 Å². The Balaban J connectivity index is 2.13. The van der Waals surface area contributed by atoms with Crippen molar-refractivity contribution >= 4 is 34.1 Å². The van der Waals surface area contributed by atoms with Crippen LogP contribution in [0.3, 0.4) is 0 Å². The molecule has 4 heteroatoms. The third-order valence-electron chi connectivity index (χ3n) is 3.02. The molecule has 0 spiro atoms. The highest BCUT2D eigenvalue weighted by atomic mass is 35.5. The highest BCUT2D eigenvalue weighted by Crippen LogP contribution is 2.25. The van der Waals surface area contributed by atoms with Gasteiger partial charge in [0.2, 0.25) is 5.88 Å². The van der Waals surface area contributed by atoms with Crippen molar-refractivity contribution in [1.82, 2.24) is 0 Å². The van der Waals surface area contributed by atoms with Crippen LogP contribution >= 0.6 is 11.6 Å². The predicted octanol–water partition coefficient (Wildman–Crippen LogP) is 4.50. The van der Waals surface area contributed by atoms with Crippen molar-refractivity contribution in [3.05, 3.63) is 69.3 Å². The number of nitrogens with one attached hydrogen (secondary N) is 1. The molecule has 3 nitrogen and oxygen atoms in total. The van der Waals surface area contributed by atoms with Crippen LogP contribution in [-0.2, 0) is 0 Å². The molecule has 2 aromatic carbocycles. The van der Waals surface area contributed by atoms with Crippen LogP contribution in [0.5, 0.6) is 0 Å². The van der Waals surface area contributed by atoms with Crippen LogP contribution in [0.2, 0.25) is 5.02 Å². The van der Waals surface area contributed by atoms with Gasteiger partial charge in [0.25, 0.3) is 0 Å². The second-order valence-electron chi connectivity index (χ2n) is 4.57. The number of benzene rings is 2. The number of fused-ring (bicyclic) bond motifs is 1. The van der Waals surface area contributed by atoms with E-state index in [0.717, 1.165) is 11.3 Å². The third-order valence-corrected chi connectivity index (χ3v) is 3.24. The normalized spacial score (nSPS) is 10.7. The summed E-state index contributed by atoms with van der Waals surface area (Å²) >= 11 is 5.97. The van der Waals surface area contributed by atoms with Gasteiger partial charge in [0.1, 0.15) is 5.58 Å². The Kier molecular flexibility index (Phi) is 3.20. The number of para-hydroxylation sites is 1. The number of aryl methyl sites for hydroxylation is 1. The maximum Gasteiger partial charge on any atom is 0.201 e. The van der Waals surface area contributed by atoms with Gasteiger partial charge < -0.3 is 9.73 Å². The molecule has 0 atom stereocenters. The van der Waals surface area contributed by atoms with Crippen LogP contribution < -0.4 is 10.7 Å². The van der Waals surface area contributed by atoms with Crippen LogP contribution in [0.4, 0.5) is 11.6 Å². The molecule has 0 bridgehead atoms. The molecule has 20 heavy (non-hydrogen) atoms. The average Bonchev–Trinajstić information content (AvgIpc) is 2.41. The van der Waals surface area contributed by atoms with Crippen molar-refractivity contribution in [3.63, 3.8) is 0 Å². The minimum atomic E-state index is -0.115. The smallest absolute Gasteiger partial charge is 0.201 e. The first-order chi connectivity index (χ1) is 9.63. The lowest BCUT2D eigenvalue weighted by Crippen LogP contribution is -2.03. The molecular weight excluding hydrogens is 274 g/mol. The van der Waals surface area contributed by atoms with E-state index in [1.54, 1.807) is 12.1 Å². The van der Waals surface area contributed by atoms with E-state index in [1.807, 2.05) is 37.3 Å². The molecule has 3 aromatic rings. The second kappa shape index (κ2) is 5.02. The van der Waals surface area contributed by atoms with E-state index in [0.29, 0.717) is 21.9 Å². The fourth-order valence-corrected chi connectivity index (χ4v) is 2.38. The first-order valence-electron chi connectivity index (χ1n) is 6.19. The van der Waals surface area contributed by atoms with E-state index in [1.165, 1.54) is 6.07 Å². The average molecular weight is 286 g/mol. The van der Waals surface area contributed by atoms with E-state index in [9.17, 15) is 4.79 Å². The van der Waals surface area contributed by atoms with Crippen molar-refractivity contribution in [2.24, 2.45) is 0 Å². The van der Waals surface area contributed by atoms with Crippen LogP contribution in [0.1, 0.15) is 5.56 Å². The molecular formula is C16H12ClNO2. The summed E-state index contributed by atoms with van der Waals surface area (Å²) < 4.78 is 5.76. The Bertz CT molecular complexity index is 825. The Morgan fingerprint density at radius 3 is 2.60 bits per heavy atom. The molecule has 0 fully saturated rings. The highest BCUT2D eigenvalue weighted by molar-refractivity contribution is 6.31. The Hall–Kier alpha value is -2.26. The fraction of sp³-hybridized carbons (Fsp3) is 0.0625. The summed E-state index contributed by atoms with van der Waals surface area (Å²) in [6.45, 7) is 1.86. The summed E-state index contributed by atoms with van der Waals surface area (Å²) in [5.41, 5.74) is 2.14. The van der Waals surface area contributed by atoms with Crippen molar-refractivity contribution in [2.75, 3.05) is 5.32 Å². The maximum absolute atomic E-state index is 12.1. The van der Waals surface area contributed by atoms with E-state index < -0.39 is 0 Å². The van der Waals surface area contributed by atoms with Gasteiger partial charge >= 0.3 is 0 Å². The predicted molar refractivity (Wildman–Crippen MR) is 82.0 cm³/mol. The molecule has 0 aliphatic carbocycles. The molecule has 1 heterocycles. The molecule has 1 N–H and O–H groups in total. The summed E-state index contributed by atoms with van der Waals surface area (Å²) in [6.07, 6.45) is 0. The summed E-state index contributed by atoms with van der Waals surface area (Å²) in [7, 11) is 0. The van der Waals surface area contributed by atoms with Crippen LogP contribution in [0.25, 0.3) is 11.0 Å². The third kappa shape index (κ3) is 2.40. The van der Waals surface area contributed by atoms with Gasteiger partial charge in [-0.2, -0.15) is 0 Å². The Morgan fingerprint density at radius 1 is 1.10 bits per heavy atom. The van der Waals surface area contributed by atoms with E-state index in [4.69, 9.17) is 16.0 Å². The van der Waals surface area contributed by atoms with Gasteiger partial charge in [-0.1, -0.05) is 29.8 Å². The highest BCUT2D eigenvalue weighted by Gasteiger charge is 2.08. The maximum atomic E-state index is 12.1. The minimum absolute atomic E-state index is 0.115. The number of rotatable bonds is 2. The lowest BCUT2D eigenvalue weighted by atomic mass is 10.1. The standard InChI is InChI=1S/C16H12ClNO2/c1-10-7-11(17)8-13-14(19)9-15(20-16(10)13)18-12-5-3-2-4-6-12/h2-9,18H,1H3. The topological polar surface area (TPSA) is 42.2 Å². The van der Waals surface area contributed by atoms with Gasteiger partial charge in [-0.05, 0) is 36.8 Å². The van der Waals surface area contributed by atoms with Gasteiger partial charge in [-0.25, -0.2) is 0 Å². The molecule has 100 valence electrons. The summed E-state index contributed by atoms with van der Waals surface area (Å²) in [5, 5.41) is 4.11. The monoisotopic (exact) mass is 285 g/mol. The van der Waals surface area contributed by atoms with Crippen molar-refractivity contribution < 1.29 is 4.42 Å². The minimum Gasteiger partial charge on any atom is -0.440 e. The first kappa shape index (κ1) is 12.8. The zero-order chi connectivity index (χ0) is 14.1. The largest absolute Gasteiger partial charge is 0.440 e. The zero-order valence-corrected chi connectivity index (χ0v) is 11.6. The molecule has 0 radical (unpaired) electrons. The number of halogens is 1. The Labute approximate surface area is 120 Å².